The van der Waals surface area contributed by atoms with Gasteiger partial charge in [0.05, 0.1) is 16.8 Å². The monoisotopic (exact) mass is 297 g/mol. The number of aliphatic carboxylic acids is 1. The number of nitrogens with one attached hydrogen (secondary N) is 1. The van der Waals surface area contributed by atoms with Gasteiger partial charge in [-0.3, -0.25) is 24.7 Å². The zero-order chi connectivity index (χ0) is 16.3. The Bertz CT molecular complexity index is 784. The van der Waals surface area contributed by atoms with E-state index in [2.05, 4.69) is 10.5 Å². The molecule has 0 bridgehead atoms. The molecule has 1 aliphatic rings. The van der Waals surface area contributed by atoms with Crippen LogP contribution in [0.4, 0.5) is 5.69 Å². The van der Waals surface area contributed by atoms with E-state index in [1.807, 2.05) is 0 Å². The summed E-state index contributed by atoms with van der Waals surface area (Å²) in [4.78, 5) is 35.5. The Hall–Kier alpha value is -3.72. The maximum atomic E-state index is 12.2. The van der Waals surface area contributed by atoms with Crippen molar-refractivity contribution >= 4 is 29.2 Å². The Morgan fingerprint density at radius 1 is 1.27 bits per heavy atom. The van der Waals surface area contributed by atoms with E-state index in [0.717, 1.165) is 0 Å². The van der Waals surface area contributed by atoms with Crippen molar-refractivity contribution in [2.45, 2.75) is 0 Å². The fourth-order valence-corrected chi connectivity index (χ4v) is 1.90. The van der Waals surface area contributed by atoms with Crippen LogP contribution < -0.4 is 5.43 Å². The average Bonchev–Trinajstić information content (AvgIpc) is 2.74. The quantitative estimate of drug-likeness (QED) is 0.457. The number of fused-ring (bicyclic) bond motifs is 1. The van der Waals surface area contributed by atoms with Crippen LogP contribution in [0.2, 0.25) is 0 Å². The van der Waals surface area contributed by atoms with E-state index in [1.165, 1.54) is 30.3 Å². The lowest BCUT2D eigenvalue weighted by Gasteiger charge is -2.10. The molecule has 9 heteroatoms. The summed E-state index contributed by atoms with van der Waals surface area (Å²) < 4.78 is 0. The Morgan fingerprint density at radius 2 is 1.95 bits per heavy atom. The Balaban J connectivity index is 2.42. The normalized spacial score (nSPS) is 12.2. The number of hydrogen-bond acceptors (Lipinski definition) is 7. The SMILES string of the molecule is N#CC(C#N)=NNc1cccc2c1C(=O)N(CC(=O)O)C2=O. The van der Waals surface area contributed by atoms with Crippen LogP contribution in [-0.2, 0) is 4.79 Å². The van der Waals surface area contributed by atoms with Gasteiger partial charge in [0, 0.05) is 0 Å². The number of hydrogen-bond donors (Lipinski definition) is 2. The molecule has 0 fully saturated rings. The third-order valence-corrected chi connectivity index (χ3v) is 2.79. The third kappa shape index (κ3) is 2.46. The molecule has 2 rings (SSSR count). The molecule has 0 aromatic heterocycles. The Labute approximate surface area is 123 Å². The second kappa shape index (κ2) is 5.73. The number of carbonyl (C=O) groups excluding carboxylic acids is 2. The largest absolute Gasteiger partial charge is 0.480 e. The fraction of sp³-hybridized carbons (Fsp3) is 0.0769. The molecule has 0 saturated heterocycles. The highest BCUT2D eigenvalue weighted by atomic mass is 16.4. The van der Waals surface area contributed by atoms with Crippen molar-refractivity contribution in [2.24, 2.45) is 5.10 Å². The maximum absolute atomic E-state index is 12.2. The third-order valence-electron chi connectivity index (χ3n) is 2.79. The standard InChI is InChI=1S/C13H7N5O4/c14-4-7(5-15)16-17-9-3-1-2-8-11(9)13(22)18(12(8)21)6-10(19)20/h1-3,17H,6H2,(H,19,20). The minimum atomic E-state index is -1.32. The predicted octanol–water partition coefficient (Wildman–Crippen LogP) is 0.182. The molecule has 2 amide bonds. The molecule has 0 atom stereocenters. The van der Waals surface area contributed by atoms with Crippen LogP contribution in [0.1, 0.15) is 20.7 Å². The molecule has 22 heavy (non-hydrogen) atoms. The van der Waals surface area contributed by atoms with Crippen molar-refractivity contribution in [3.05, 3.63) is 29.3 Å². The minimum Gasteiger partial charge on any atom is -0.480 e. The highest BCUT2D eigenvalue weighted by Crippen LogP contribution is 2.29. The molecule has 1 aliphatic heterocycles. The van der Waals surface area contributed by atoms with Crippen LogP contribution in [-0.4, -0.2) is 40.0 Å². The maximum Gasteiger partial charge on any atom is 0.323 e. The predicted molar refractivity (Wildman–Crippen MR) is 71.7 cm³/mol. The van der Waals surface area contributed by atoms with Gasteiger partial charge in [-0.25, -0.2) is 0 Å². The van der Waals surface area contributed by atoms with E-state index in [4.69, 9.17) is 15.6 Å². The molecule has 0 unspecified atom stereocenters. The van der Waals surface area contributed by atoms with Crippen molar-refractivity contribution in [1.29, 1.82) is 10.5 Å². The first kappa shape index (κ1) is 14.7. The van der Waals surface area contributed by atoms with E-state index in [-0.39, 0.29) is 16.8 Å². The molecule has 0 aliphatic carbocycles. The molecule has 1 heterocycles. The van der Waals surface area contributed by atoms with Gasteiger partial charge in [-0.2, -0.15) is 15.6 Å². The summed E-state index contributed by atoms with van der Waals surface area (Å²) in [5.74, 6) is -2.83. The van der Waals surface area contributed by atoms with Crippen molar-refractivity contribution in [1.82, 2.24) is 4.90 Å². The average molecular weight is 297 g/mol. The van der Waals surface area contributed by atoms with E-state index in [9.17, 15) is 14.4 Å². The molecule has 1 aromatic carbocycles. The van der Waals surface area contributed by atoms with E-state index < -0.39 is 30.0 Å². The zero-order valence-corrected chi connectivity index (χ0v) is 10.9. The van der Waals surface area contributed by atoms with Gasteiger partial charge in [0.15, 0.2) is 0 Å². The van der Waals surface area contributed by atoms with E-state index >= 15 is 0 Å². The van der Waals surface area contributed by atoms with Crippen LogP contribution in [0, 0.1) is 22.7 Å². The molecule has 9 nitrogen and oxygen atoms in total. The zero-order valence-electron chi connectivity index (χ0n) is 10.9. The number of carboxylic acids is 1. The Kier molecular flexibility index (Phi) is 3.82. The summed E-state index contributed by atoms with van der Waals surface area (Å²) in [6.07, 6.45) is 0. The summed E-state index contributed by atoms with van der Waals surface area (Å²) >= 11 is 0. The first-order chi connectivity index (χ1) is 10.5. The highest BCUT2D eigenvalue weighted by molar-refractivity contribution is 6.24. The number of carbonyl (C=O) groups is 3. The van der Waals surface area contributed by atoms with Gasteiger partial charge in [0.25, 0.3) is 11.8 Å². The molecule has 108 valence electrons. The van der Waals surface area contributed by atoms with Gasteiger partial charge in [-0.15, -0.1) is 0 Å². The molecular weight excluding hydrogens is 290 g/mol. The van der Waals surface area contributed by atoms with Crippen molar-refractivity contribution in [3.63, 3.8) is 0 Å². The van der Waals surface area contributed by atoms with Crippen LogP contribution in [0.5, 0.6) is 0 Å². The van der Waals surface area contributed by atoms with Gasteiger partial charge in [0.1, 0.15) is 18.7 Å². The van der Waals surface area contributed by atoms with Gasteiger partial charge in [-0.1, -0.05) is 6.07 Å². The van der Waals surface area contributed by atoms with Gasteiger partial charge < -0.3 is 5.11 Å². The number of hydrazone groups is 1. The summed E-state index contributed by atoms with van der Waals surface area (Å²) in [5, 5.41) is 29.4. The second-order valence-corrected chi connectivity index (χ2v) is 4.11. The van der Waals surface area contributed by atoms with E-state index in [0.29, 0.717) is 4.90 Å². The fourth-order valence-electron chi connectivity index (χ4n) is 1.90. The van der Waals surface area contributed by atoms with Crippen molar-refractivity contribution in [3.8, 4) is 12.1 Å². The Morgan fingerprint density at radius 3 is 2.55 bits per heavy atom. The van der Waals surface area contributed by atoms with Crippen LogP contribution in [0.25, 0.3) is 0 Å². The summed E-state index contributed by atoms with van der Waals surface area (Å²) in [6, 6.07) is 7.32. The molecule has 2 N–H and O–H groups in total. The van der Waals surface area contributed by atoms with Crippen LogP contribution >= 0.6 is 0 Å². The first-order valence-corrected chi connectivity index (χ1v) is 5.84. The molecule has 1 aromatic rings. The number of carboxylic acid groups (broad SMARTS) is 1. The van der Waals surface area contributed by atoms with Gasteiger partial charge in [-0.05, 0) is 12.1 Å². The van der Waals surface area contributed by atoms with Crippen molar-refractivity contribution in [2.75, 3.05) is 12.0 Å². The number of benzene rings is 1. The summed E-state index contributed by atoms with van der Waals surface area (Å²) in [6.45, 7) is -0.753. The van der Waals surface area contributed by atoms with E-state index in [1.54, 1.807) is 0 Å². The van der Waals surface area contributed by atoms with Gasteiger partial charge in [0.2, 0.25) is 5.71 Å². The second-order valence-electron chi connectivity index (χ2n) is 4.11. The highest BCUT2D eigenvalue weighted by Gasteiger charge is 2.38. The lowest BCUT2D eigenvalue weighted by atomic mass is 10.1. The van der Waals surface area contributed by atoms with Crippen LogP contribution in [0.15, 0.2) is 23.3 Å². The summed E-state index contributed by atoms with van der Waals surface area (Å²) in [5.41, 5.74) is 1.99. The molecule has 0 radical (unpaired) electrons. The lowest BCUT2D eigenvalue weighted by Crippen LogP contribution is -2.34. The van der Waals surface area contributed by atoms with Crippen molar-refractivity contribution < 1.29 is 19.5 Å². The topological polar surface area (TPSA) is 147 Å². The molecule has 0 spiro atoms. The smallest absolute Gasteiger partial charge is 0.323 e. The number of rotatable bonds is 4. The van der Waals surface area contributed by atoms with Crippen LogP contribution in [0.3, 0.4) is 0 Å². The number of amides is 2. The number of nitrogens with zero attached hydrogens (tertiary/aromatic N) is 4. The summed E-state index contributed by atoms with van der Waals surface area (Å²) in [7, 11) is 0. The number of anilines is 1. The minimum absolute atomic E-state index is 0.0296. The number of imide groups is 1. The molecule has 0 saturated carbocycles. The first-order valence-electron chi connectivity index (χ1n) is 5.84. The lowest BCUT2D eigenvalue weighted by molar-refractivity contribution is -0.137. The number of nitriles is 2. The molecular formula is C13H7N5O4. The van der Waals surface area contributed by atoms with Gasteiger partial charge >= 0.3 is 5.97 Å².